The van der Waals surface area contributed by atoms with Crippen LogP contribution in [0.25, 0.3) is 0 Å². The molecule has 0 aliphatic carbocycles. The highest BCUT2D eigenvalue weighted by molar-refractivity contribution is 5.89. The average molecular weight is 237 g/mol. The van der Waals surface area contributed by atoms with Gasteiger partial charge in [-0.3, -0.25) is 0 Å². The number of carboxylic acids is 1. The molecule has 17 heavy (non-hydrogen) atoms. The Morgan fingerprint density at radius 3 is 2.82 bits per heavy atom. The number of anilines is 1. The summed E-state index contributed by atoms with van der Waals surface area (Å²) >= 11 is 0. The lowest BCUT2D eigenvalue weighted by Gasteiger charge is -2.17. The Balaban J connectivity index is 2.75. The highest BCUT2D eigenvalue weighted by atomic mass is 16.5. The van der Waals surface area contributed by atoms with E-state index >= 15 is 0 Å². The zero-order chi connectivity index (χ0) is 12.8. The van der Waals surface area contributed by atoms with Crippen molar-refractivity contribution in [3.8, 4) is 0 Å². The fraction of sp³-hybridized carbons (Fsp3) is 0.462. The van der Waals surface area contributed by atoms with E-state index < -0.39 is 5.97 Å². The molecule has 4 heteroatoms. The molecule has 0 spiro atoms. The predicted octanol–water partition coefficient (Wildman–Crippen LogP) is 2.53. The molecule has 1 rings (SSSR count). The predicted molar refractivity (Wildman–Crippen MR) is 67.7 cm³/mol. The van der Waals surface area contributed by atoms with E-state index in [0.717, 1.165) is 17.7 Å². The summed E-state index contributed by atoms with van der Waals surface area (Å²) in [5, 5.41) is 12.2. The van der Waals surface area contributed by atoms with Crippen LogP contribution >= 0.6 is 0 Å². The lowest BCUT2D eigenvalue weighted by Crippen LogP contribution is -2.18. The molecule has 0 fully saturated rings. The number of benzene rings is 1. The third-order valence-corrected chi connectivity index (χ3v) is 2.64. The molecule has 0 aromatic heterocycles. The van der Waals surface area contributed by atoms with Crippen LogP contribution in [-0.2, 0) is 4.74 Å². The summed E-state index contributed by atoms with van der Waals surface area (Å²) in [7, 11) is 1.67. The summed E-state index contributed by atoms with van der Waals surface area (Å²) in [6.45, 7) is 4.69. The van der Waals surface area contributed by atoms with Gasteiger partial charge in [0.25, 0.3) is 0 Å². The minimum Gasteiger partial charge on any atom is -0.478 e. The van der Waals surface area contributed by atoms with Crippen molar-refractivity contribution in [2.75, 3.05) is 19.0 Å². The SMILES string of the molecule is COCCC(C)Nc1cc(C(=O)O)ccc1C. The van der Waals surface area contributed by atoms with Crippen LogP contribution in [0.3, 0.4) is 0 Å². The Morgan fingerprint density at radius 2 is 2.24 bits per heavy atom. The smallest absolute Gasteiger partial charge is 0.335 e. The topological polar surface area (TPSA) is 58.6 Å². The Hall–Kier alpha value is -1.55. The van der Waals surface area contributed by atoms with E-state index in [4.69, 9.17) is 9.84 Å². The van der Waals surface area contributed by atoms with Gasteiger partial charge in [0.05, 0.1) is 5.56 Å². The first-order valence-electron chi connectivity index (χ1n) is 5.64. The minimum absolute atomic E-state index is 0.248. The number of hydrogen-bond donors (Lipinski definition) is 2. The van der Waals surface area contributed by atoms with E-state index in [0.29, 0.717) is 12.2 Å². The van der Waals surface area contributed by atoms with E-state index in [2.05, 4.69) is 5.32 Å². The lowest BCUT2D eigenvalue weighted by atomic mass is 10.1. The molecule has 1 unspecified atom stereocenters. The Kier molecular flexibility index (Phi) is 4.97. The average Bonchev–Trinajstić information content (AvgIpc) is 2.29. The van der Waals surface area contributed by atoms with Crippen molar-refractivity contribution in [2.24, 2.45) is 0 Å². The van der Waals surface area contributed by atoms with Gasteiger partial charge in [-0.2, -0.15) is 0 Å². The van der Waals surface area contributed by atoms with Gasteiger partial charge >= 0.3 is 5.97 Å². The Morgan fingerprint density at radius 1 is 1.53 bits per heavy atom. The molecule has 1 aromatic rings. The maximum absolute atomic E-state index is 10.9. The molecule has 0 aliphatic heterocycles. The number of rotatable bonds is 6. The van der Waals surface area contributed by atoms with Crippen molar-refractivity contribution in [3.05, 3.63) is 29.3 Å². The summed E-state index contributed by atoms with van der Waals surface area (Å²) in [5.74, 6) is -0.905. The van der Waals surface area contributed by atoms with Gasteiger partial charge in [-0.15, -0.1) is 0 Å². The first-order valence-corrected chi connectivity index (χ1v) is 5.64. The van der Waals surface area contributed by atoms with Crippen LogP contribution in [0.5, 0.6) is 0 Å². The molecule has 94 valence electrons. The number of methoxy groups -OCH3 is 1. The van der Waals surface area contributed by atoms with Crippen LogP contribution in [-0.4, -0.2) is 30.8 Å². The van der Waals surface area contributed by atoms with E-state index in [1.165, 1.54) is 0 Å². The molecule has 0 radical (unpaired) electrons. The summed E-state index contributed by atoms with van der Waals surface area (Å²) in [6.07, 6.45) is 0.882. The van der Waals surface area contributed by atoms with E-state index in [1.54, 1.807) is 19.2 Å². The number of ether oxygens (including phenoxy) is 1. The maximum Gasteiger partial charge on any atom is 0.335 e. The number of hydrogen-bond acceptors (Lipinski definition) is 3. The maximum atomic E-state index is 10.9. The lowest BCUT2D eigenvalue weighted by molar-refractivity contribution is 0.0697. The van der Waals surface area contributed by atoms with Gasteiger partial charge in [0, 0.05) is 25.4 Å². The van der Waals surface area contributed by atoms with Gasteiger partial charge in [0.15, 0.2) is 0 Å². The van der Waals surface area contributed by atoms with Crippen LogP contribution in [0.1, 0.15) is 29.3 Å². The quantitative estimate of drug-likeness (QED) is 0.798. The normalized spacial score (nSPS) is 12.2. The minimum atomic E-state index is -0.905. The Labute approximate surface area is 102 Å². The van der Waals surface area contributed by atoms with E-state index in [1.807, 2.05) is 19.9 Å². The van der Waals surface area contributed by atoms with Crippen molar-refractivity contribution in [1.29, 1.82) is 0 Å². The summed E-state index contributed by atoms with van der Waals surface area (Å²) in [6, 6.07) is 5.34. The molecule has 0 bridgehead atoms. The molecule has 0 saturated carbocycles. The molecule has 0 aliphatic rings. The molecule has 1 aromatic carbocycles. The monoisotopic (exact) mass is 237 g/mol. The van der Waals surface area contributed by atoms with E-state index in [-0.39, 0.29) is 6.04 Å². The van der Waals surface area contributed by atoms with Crippen molar-refractivity contribution in [3.63, 3.8) is 0 Å². The van der Waals surface area contributed by atoms with Crippen molar-refractivity contribution < 1.29 is 14.6 Å². The highest BCUT2D eigenvalue weighted by Gasteiger charge is 2.08. The second kappa shape index (κ2) is 6.25. The highest BCUT2D eigenvalue weighted by Crippen LogP contribution is 2.18. The summed E-state index contributed by atoms with van der Waals surface area (Å²) in [4.78, 5) is 10.9. The number of aromatic carboxylic acids is 1. The Bertz CT molecular complexity index is 390. The van der Waals surface area contributed by atoms with Gasteiger partial charge in [-0.25, -0.2) is 4.79 Å². The summed E-state index contributed by atoms with van der Waals surface area (Å²) in [5.41, 5.74) is 2.21. The van der Waals surface area contributed by atoms with Crippen LogP contribution in [0.15, 0.2) is 18.2 Å². The zero-order valence-electron chi connectivity index (χ0n) is 10.5. The third kappa shape index (κ3) is 4.07. The first-order chi connectivity index (χ1) is 8.04. The number of carboxylic acid groups (broad SMARTS) is 1. The fourth-order valence-electron chi connectivity index (χ4n) is 1.54. The van der Waals surface area contributed by atoms with Crippen LogP contribution in [0.2, 0.25) is 0 Å². The van der Waals surface area contributed by atoms with Crippen molar-refractivity contribution in [1.82, 2.24) is 0 Å². The fourth-order valence-corrected chi connectivity index (χ4v) is 1.54. The molecular formula is C13H19NO3. The van der Waals surface area contributed by atoms with Crippen molar-refractivity contribution in [2.45, 2.75) is 26.3 Å². The molecule has 0 heterocycles. The second-order valence-electron chi connectivity index (χ2n) is 4.16. The van der Waals surface area contributed by atoms with Gasteiger partial charge < -0.3 is 15.2 Å². The molecule has 0 amide bonds. The van der Waals surface area contributed by atoms with Gasteiger partial charge in [-0.1, -0.05) is 6.07 Å². The van der Waals surface area contributed by atoms with Gasteiger partial charge in [0.1, 0.15) is 0 Å². The molecule has 0 saturated heterocycles. The van der Waals surface area contributed by atoms with Gasteiger partial charge in [-0.05, 0) is 38.0 Å². The van der Waals surface area contributed by atoms with Crippen LogP contribution < -0.4 is 5.32 Å². The largest absolute Gasteiger partial charge is 0.478 e. The summed E-state index contributed by atoms with van der Waals surface area (Å²) < 4.78 is 5.01. The number of aryl methyl sites for hydroxylation is 1. The van der Waals surface area contributed by atoms with Gasteiger partial charge in [0.2, 0.25) is 0 Å². The standard InChI is InChI=1S/C13H19NO3/c1-9-4-5-11(13(15)16)8-12(9)14-10(2)6-7-17-3/h4-5,8,10,14H,6-7H2,1-3H3,(H,15,16). The first kappa shape index (κ1) is 13.5. The number of carbonyl (C=O) groups is 1. The van der Waals surface area contributed by atoms with E-state index in [9.17, 15) is 4.79 Å². The second-order valence-corrected chi connectivity index (χ2v) is 4.16. The van der Waals surface area contributed by atoms with Crippen LogP contribution in [0, 0.1) is 6.92 Å². The van der Waals surface area contributed by atoms with Crippen molar-refractivity contribution >= 4 is 11.7 Å². The molecular weight excluding hydrogens is 218 g/mol. The molecule has 4 nitrogen and oxygen atoms in total. The zero-order valence-corrected chi connectivity index (χ0v) is 10.5. The number of nitrogens with one attached hydrogen (secondary N) is 1. The molecule has 2 N–H and O–H groups in total. The third-order valence-electron chi connectivity index (χ3n) is 2.64. The molecule has 1 atom stereocenters. The van der Waals surface area contributed by atoms with Crippen LogP contribution in [0.4, 0.5) is 5.69 Å².